The van der Waals surface area contributed by atoms with Crippen LogP contribution in [-0.2, 0) is 23.5 Å². The third-order valence-corrected chi connectivity index (χ3v) is 8.29. The smallest absolute Gasteiger partial charge is 0.335 e. The zero-order valence-corrected chi connectivity index (χ0v) is 21.4. The lowest BCUT2D eigenvalue weighted by Gasteiger charge is -2.13. The highest BCUT2D eigenvalue weighted by atomic mass is 35.5. The summed E-state index contributed by atoms with van der Waals surface area (Å²) in [4.78, 5) is 11.9. The van der Waals surface area contributed by atoms with Crippen LogP contribution < -0.4 is 9.47 Å². The molecule has 1 fully saturated rings. The van der Waals surface area contributed by atoms with E-state index in [1.165, 1.54) is 12.1 Å². The summed E-state index contributed by atoms with van der Waals surface area (Å²) >= 11 is 5.13. The second-order valence-electron chi connectivity index (χ2n) is 9.20. The van der Waals surface area contributed by atoms with Crippen molar-refractivity contribution in [2.45, 2.75) is 42.9 Å². The molecule has 37 heavy (non-hydrogen) atoms. The van der Waals surface area contributed by atoms with E-state index < -0.39 is 17.1 Å². The molecule has 1 atom stereocenters. The van der Waals surface area contributed by atoms with Crippen molar-refractivity contribution in [1.82, 2.24) is 5.16 Å². The molecule has 2 heterocycles. The van der Waals surface area contributed by atoms with Crippen molar-refractivity contribution in [3.05, 3.63) is 87.6 Å². The molecular formula is C28H22ClNO6S. The Balaban J connectivity index is 1.29. The Bertz CT molecular complexity index is 1510. The topological polar surface area (TPSA) is 105 Å². The van der Waals surface area contributed by atoms with Crippen LogP contribution in [0.4, 0.5) is 0 Å². The number of ether oxygens (including phenoxy) is 2. The highest BCUT2D eigenvalue weighted by Gasteiger charge is 2.34. The van der Waals surface area contributed by atoms with Crippen LogP contribution in [0.25, 0.3) is 11.3 Å². The van der Waals surface area contributed by atoms with E-state index >= 15 is 0 Å². The molecule has 0 spiro atoms. The van der Waals surface area contributed by atoms with Crippen molar-refractivity contribution in [2.75, 3.05) is 0 Å². The Labute approximate surface area is 221 Å². The molecule has 4 aromatic rings. The van der Waals surface area contributed by atoms with Gasteiger partial charge in [-0.05, 0) is 72.9 Å². The maximum absolute atomic E-state index is 13.2. The molecule has 188 valence electrons. The molecule has 0 radical (unpaired) electrons. The van der Waals surface area contributed by atoms with E-state index in [1.54, 1.807) is 24.3 Å². The number of hydrogen-bond acceptors (Lipinski definition) is 6. The van der Waals surface area contributed by atoms with Crippen molar-refractivity contribution in [3.8, 4) is 28.5 Å². The van der Waals surface area contributed by atoms with E-state index in [0.29, 0.717) is 44.3 Å². The number of carboxylic acid groups (broad SMARTS) is 1. The van der Waals surface area contributed by atoms with E-state index in [0.717, 1.165) is 35.3 Å². The number of nitrogens with zero attached hydrogens (tertiary/aromatic N) is 1. The monoisotopic (exact) mass is 535 g/mol. The van der Waals surface area contributed by atoms with Gasteiger partial charge in [0.2, 0.25) is 0 Å². The average molecular weight is 536 g/mol. The molecule has 3 aromatic carbocycles. The van der Waals surface area contributed by atoms with Crippen LogP contribution in [0.1, 0.15) is 51.6 Å². The van der Waals surface area contributed by atoms with Gasteiger partial charge in [0.15, 0.2) is 10.6 Å². The second kappa shape index (κ2) is 9.45. The second-order valence-corrected chi connectivity index (χ2v) is 11.0. The van der Waals surface area contributed by atoms with E-state index in [9.17, 15) is 14.5 Å². The number of halogens is 1. The standard InChI is InChI=1S/C28H22ClNO6S/c1-15-3-2-4-21(29)25(15)26-20(27(36-30-26)16-5-6-16)13-34-19-9-10-22-24(12-19)37(33)14-18-8-7-17(28(31)32)11-23(18)35-22/h2-4,7-12,16H,5-6,13-14H2,1H3,(H,31,32). The summed E-state index contributed by atoms with van der Waals surface area (Å²) in [6, 6.07) is 15.4. The fourth-order valence-electron chi connectivity index (χ4n) is 4.49. The third kappa shape index (κ3) is 4.56. The van der Waals surface area contributed by atoms with Crippen LogP contribution in [0, 0.1) is 6.92 Å². The number of hydrogen-bond donors (Lipinski definition) is 1. The van der Waals surface area contributed by atoms with Gasteiger partial charge < -0.3 is 23.7 Å². The third-order valence-electron chi connectivity index (χ3n) is 6.59. The first kappa shape index (κ1) is 23.9. The van der Waals surface area contributed by atoms with Crippen LogP contribution in [0.2, 0.25) is 5.02 Å². The fraction of sp³-hybridized carbons (Fsp3) is 0.214. The summed E-state index contributed by atoms with van der Waals surface area (Å²) in [5.41, 5.74) is 4.15. The molecule has 2 aliphatic rings. The number of aryl methyl sites for hydroxylation is 1. The molecule has 0 bridgehead atoms. The largest absolute Gasteiger partial charge is 0.611 e. The number of carbonyl (C=O) groups is 1. The van der Waals surface area contributed by atoms with E-state index in [1.807, 2.05) is 25.1 Å². The normalized spacial score (nSPS) is 16.4. The minimum absolute atomic E-state index is 0.109. The lowest BCUT2D eigenvalue weighted by molar-refractivity contribution is 0.0696. The molecule has 6 rings (SSSR count). The van der Waals surface area contributed by atoms with Gasteiger partial charge in [-0.1, -0.05) is 28.9 Å². The maximum Gasteiger partial charge on any atom is 0.335 e. The molecule has 0 saturated heterocycles. The van der Waals surface area contributed by atoms with E-state index in [-0.39, 0.29) is 17.9 Å². The van der Waals surface area contributed by atoms with Gasteiger partial charge in [-0.15, -0.1) is 0 Å². The molecule has 1 aliphatic heterocycles. The Morgan fingerprint density at radius 3 is 2.78 bits per heavy atom. The lowest BCUT2D eigenvalue weighted by atomic mass is 10.0. The summed E-state index contributed by atoms with van der Waals surface area (Å²) in [5.74, 6) is 1.62. The maximum atomic E-state index is 13.2. The summed E-state index contributed by atoms with van der Waals surface area (Å²) in [6.45, 7) is 2.19. The summed E-state index contributed by atoms with van der Waals surface area (Å²) < 4.78 is 31.1. The van der Waals surface area contributed by atoms with Crippen LogP contribution in [-0.4, -0.2) is 20.8 Å². The van der Waals surface area contributed by atoms with Crippen LogP contribution in [0.3, 0.4) is 0 Å². The van der Waals surface area contributed by atoms with Gasteiger partial charge in [-0.2, -0.15) is 0 Å². The number of aromatic nitrogens is 1. The van der Waals surface area contributed by atoms with Gasteiger partial charge in [0.05, 0.1) is 16.1 Å². The highest BCUT2D eigenvalue weighted by molar-refractivity contribution is 7.90. The van der Waals surface area contributed by atoms with Gasteiger partial charge in [-0.25, -0.2) is 4.79 Å². The van der Waals surface area contributed by atoms with Gasteiger partial charge in [0.25, 0.3) is 0 Å². The predicted molar refractivity (Wildman–Crippen MR) is 138 cm³/mol. The van der Waals surface area contributed by atoms with Crippen LogP contribution >= 0.6 is 11.6 Å². The van der Waals surface area contributed by atoms with Gasteiger partial charge >= 0.3 is 5.97 Å². The molecule has 1 saturated carbocycles. The van der Waals surface area contributed by atoms with Gasteiger partial charge in [0.1, 0.15) is 35.3 Å². The number of carboxylic acids is 1. The number of aromatic carboxylic acids is 1. The first-order chi connectivity index (χ1) is 17.9. The minimum Gasteiger partial charge on any atom is -0.611 e. The summed E-state index contributed by atoms with van der Waals surface area (Å²) in [6.07, 6.45) is 2.09. The van der Waals surface area contributed by atoms with Crippen molar-refractivity contribution < 1.29 is 28.5 Å². The number of benzene rings is 3. The average Bonchev–Trinajstić information content (AvgIpc) is 3.65. The van der Waals surface area contributed by atoms with Crippen molar-refractivity contribution in [2.24, 2.45) is 0 Å². The Hall–Kier alpha value is -3.46. The quantitative estimate of drug-likeness (QED) is 0.268. The first-order valence-electron chi connectivity index (χ1n) is 11.8. The lowest BCUT2D eigenvalue weighted by Crippen LogP contribution is -2.05. The SMILES string of the molecule is Cc1cccc(Cl)c1-c1noc(C2CC2)c1COc1ccc2c(c1)[S+]([O-])Cc1ccc(C(=O)O)cc1O2. The zero-order chi connectivity index (χ0) is 25.7. The fourth-order valence-corrected chi connectivity index (χ4v) is 6.06. The Morgan fingerprint density at radius 1 is 1.19 bits per heavy atom. The zero-order valence-electron chi connectivity index (χ0n) is 19.8. The van der Waals surface area contributed by atoms with Crippen LogP contribution in [0.5, 0.6) is 17.2 Å². The minimum atomic E-state index is -1.40. The van der Waals surface area contributed by atoms with Crippen molar-refractivity contribution in [3.63, 3.8) is 0 Å². The molecular weight excluding hydrogens is 514 g/mol. The Kier molecular flexibility index (Phi) is 6.10. The van der Waals surface area contributed by atoms with Gasteiger partial charge in [-0.3, -0.25) is 0 Å². The van der Waals surface area contributed by atoms with Crippen molar-refractivity contribution in [1.29, 1.82) is 0 Å². The van der Waals surface area contributed by atoms with Gasteiger partial charge in [0, 0.05) is 23.1 Å². The molecule has 1 N–H and O–H groups in total. The molecule has 9 heteroatoms. The summed E-state index contributed by atoms with van der Waals surface area (Å²) in [5, 5.41) is 14.3. The molecule has 0 amide bonds. The molecule has 1 aromatic heterocycles. The molecule has 1 aliphatic carbocycles. The predicted octanol–water partition coefficient (Wildman–Crippen LogP) is 6.87. The summed E-state index contributed by atoms with van der Waals surface area (Å²) in [7, 11) is 0. The number of fused-ring (bicyclic) bond motifs is 2. The Morgan fingerprint density at radius 2 is 2.03 bits per heavy atom. The highest BCUT2D eigenvalue weighted by Crippen LogP contribution is 2.46. The first-order valence-corrected chi connectivity index (χ1v) is 13.5. The number of rotatable bonds is 6. The van der Waals surface area contributed by atoms with E-state index in [2.05, 4.69) is 5.16 Å². The van der Waals surface area contributed by atoms with Crippen molar-refractivity contribution >= 4 is 28.7 Å². The molecule has 7 nitrogen and oxygen atoms in total. The molecule has 1 unspecified atom stereocenters. The van der Waals surface area contributed by atoms with E-state index in [4.69, 9.17) is 25.6 Å². The van der Waals surface area contributed by atoms with Crippen LogP contribution in [0.15, 0.2) is 64.0 Å².